The molecule has 3 heteroatoms. The summed E-state index contributed by atoms with van der Waals surface area (Å²) in [4.78, 5) is 24.2. The van der Waals surface area contributed by atoms with E-state index in [1.807, 2.05) is 64.1 Å². The Kier molecular flexibility index (Phi) is 7.90. The van der Waals surface area contributed by atoms with Gasteiger partial charge in [0.25, 0.3) is 0 Å². The minimum absolute atomic E-state index is 0.00154. The Morgan fingerprint density at radius 3 is 2.29 bits per heavy atom. The van der Waals surface area contributed by atoms with Crippen LogP contribution in [0.5, 0.6) is 0 Å². The number of rotatable bonds is 5. The van der Waals surface area contributed by atoms with Gasteiger partial charge >= 0.3 is 5.97 Å². The molecule has 2 rings (SSSR count). The molecule has 0 heterocycles. The summed E-state index contributed by atoms with van der Waals surface area (Å²) in [5.74, 6) is -0.308. The molecule has 0 fully saturated rings. The number of carbonyl (C=O) groups is 2. The molecule has 128 valence electrons. The quantitative estimate of drug-likeness (QED) is 0.599. The van der Waals surface area contributed by atoms with E-state index in [-0.39, 0.29) is 18.2 Å². The lowest BCUT2D eigenvalue weighted by Crippen LogP contribution is -2.09. The number of aryl methyl sites for hydroxylation is 2. The fraction of sp³-hybridized carbons (Fsp3) is 0.333. The van der Waals surface area contributed by atoms with Gasteiger partial charge in [-0.15, -0.1) is 0 Å². The summed E-state index contributed by atoms with van der Waals surface area (Å²) in [5, 5.41) is 0. The van der Waals surface area contributed by atoms with E-state index in [1.165, 1.54) is 7.11 Å². The van der Waals surface area contributed by atoms with E-state index >= 15 is 0 Å². The summed E-state index contributed by atoms with van der Waals surface area (Å²) in [5.41, 5.74) is 4.09. The first kappa shape index (κ1) is 19.6. The van der Waals surface area contributed by atoms with Gasteiger partial charge in [0.2, 0.25) is 0 Å². The number of hydrogen-bond donors (Lipinski definition) is 0. The Morgan fingerprint density at radius 1 is 1.00 bits per heavy atom. The lowest BCUT2D eigenvalue weighted by atomic mass is 9.93. The van der Waals surface area contributed by atoms with Gasteiger partial charge in [0.1, 0.15) is 0 Å². The van der Waals surface area contributed by atoms with E-state index in [4.69, 9.17) is 0 Å². The van der Waals surface area contributed by atoms with Crippen molar-refractivity contribution in [1.29, 1.82) is 0 Å². The van der Waals surface area contributed by atoms with Gasteiger partial charge in [-0.05, 0) is 36.1 Å². The highest BCUT2D eigenvalue weighted by Gasteiger charge is 2.16. The maximum Gasteiger partial charge on any atom is 0.309 e. The molecule has 0 N–H and O–H groups in total. The van der Waals surface area contributed by atoms with Crippen LogP contribution in [0.3, 0.4) is 0 Å². The lowest BCUT2D eigenvalue weighted by Gasteiger charge is -2.10. The van der Waals surface area contributed by atoms with Crippen molar-refractivity contribution in [2.75, 3.05) is 7.11 Å². The second kappa shape index (κ2) is 9.66. The summed E-state index contributed by atoms with van der Waals surface area (Å²) in [6.07, 6.45) is 0.981. The van der Waals surface area contributed by atoms with Crippen LogP contribution in [0, 0.1) is 6.92 Å². The molecule has 0 radical (unpaired) electrons. The van der Waals surface area contributed by atoms with Crippen LogP contribution in [0.4, 0.5) is 0 Å². The minimum Gasteiger partial charge on any atom is -0.469 e. The molecule has 0 unspecified atom stereocenters. The molecule has 24 heavy (non-hydrogen) atoms. The molecule has 0 saturated heterocycles. The van der Waals surface area contributed by atoms with Crippen LogP contribution in [0.1, 0.15) is 53.4 Å². The number of esters is 1. The number of ether oxygens (including phenoxy) is 1. The summed E-state index contributed by atoms with van der Waals surface area (Å²) >= 11 is 0. The van der Waals surface area contributed by atoms with E-state index in [2.05, 4.69) is 4.74 Å². The standard InChI is InChI=1S/C19H20O3.C2H6/c1-4-15-7-5-6-8-16(15)19(21)17-11-14(10-9-13(17)2)12-18(20)22-3;1-2/h5-11H,4,12H2,1-3H3;1-2H3. The average Bonchev–Trinajstić information content (AvgIpc) is 2.64. The van der Waals surface area contributed by atoms with Crippen LogP contribution in [-0.2, 0) is 22.4 Å². The van der Waals surface area contributed by atoms with Gasteiger partial charge in [-0.2, -0.15) is 0 Å². The first-order valence-electron chi connectivity index (χ1n) is 8.35. The van der Waals surface area contributed by atoms with Crippen molar-refractivity contribution in [3.8, 4) is 0 Å². The van der Waals surface area contributed by atoms with Gasteiger partial charge in [-0.25, -0.2) is 0 Å². The van der Waals surface area contributed by atoms with E-state index in [0.717, 1.165) is 28.7 Å². The SMILES string of the molecule is CC.CCc1ccccc1C(=O)c1cc(CC(=O)OC)ccc1C. The molecule has 0 amide bonds. The maximum atomic E-state index is 12.8. The Labute approximate surface area is 144 Å². The molecule has 0 aliphatic heterocycles. The van der Waals surface area contributed by atoms with Crippen molar-refractivity contribution >= 4 is 11.8 Å². The normalized spacial score (nSPS) is 9.71. The molecule has 3 nitrogen and oxygen atoms in total. The van der Waals surface area contributed by atoms with Crippen LogP contribution in [0.2, 0.25) is 0 Å². The number of benzene rings is 2. The van der Waals surface area contributed by atoms with Crippen LogP contribution < -0.4 is 0 Å². The Morgan fingerprint density at radius 2 is 1.67 bits per heavy atom. The number of methoxy groups -OCH3 is 1. The zero-order valence-corrected chi connectivity index (χ0v) is 15.2. The van der Waals surface area contributed by atoms with E-state index in [0.29, 0.717) is 5.56 Å². The monoisotopic (exact) mass is 326 g/mol. The van der Waals surface area contributed by atoms with E-state index in [9.17, 15) is 9.59 Å². The number of hydrogen-bond acceptors (Lipinski definition) is 3. The molecule has 0 aromatic heterocycles. The topological polar surface area (TPSA) is 43.4 Å². The number of ketones is 1. The maximum absolute atomic E-state index is 12.8. The van der Waals surface area contributed by atoms with Gasteiger partial charge in [-0.3, -0.25) is 9.59 Å². The summed E-state index contributed by atoms with van der Waals surface area (Å²) in [7, 11) is 1.36. The predicted molar refractivity (Wildman–Crippen MR) is 97.5 cm³/mol. The predicted octanol–water partition coefficient (Wildman–Crippen LogP) is 4.53. The largest absolute Gasteiger partial charge is 0.469 e. The van der Waals surface area contributed by atoms with Crippen molar-refractivity contribution < 1.29 is 14.3 Å². The zero-order chi connectivity index (χ0) is 18.1. The molecule has 0 bridgehead atoms. The molecule has 0 saturated carbocycles. The van der Waals surface area contributed by atoms with E-state index in [1.54, 1.807) is 6.07 Å². The van der Waals surface area contributed by atoms with Gasteiger partial charge in [0.05, 0.1) is 13.5 Å². The second-order valence-corrected chi connectivity index (χ2v) is 5.24. The van der Waals surface area contributed by atoms with Crippen LogP contribution in [-0.4, -0.2) is 18.9 Å². The van der Waals surface area contributed by atoms with Crippen LogP contribution in [0.25, 0.3) is 0 Å². The molecule has 0 aliphatic carbocycles. The van der Waals surface area contributed by atoms with Gasteiger partial charge in [0, 0.05) is 11.1 Å². The van der Waals surface area contributed by atoms with Crippen LogP contribution in [0.15, 0.2) is 42.5 Å². The zero-order valence-electron chi connectivity index (χ0n) is 15.2. The van der Waals surface area contributed by atoms with Crippen molar-refractivity contribution in [2.24, 2.45) is 0 Å². The Balaban J connectivity index is 0.00000139. The highest BCUT2D eigenvalue weighted by atomic mass is 16.5. The molecule has 2 aromatic carbocycles. The molecular weight excluding hydrogens is 300 g/mol. The molecule has 0 atom stereocenters. The highest BCUT2D eigenvalue weighted by molar-refractivity contribution is 6.11. The average molecular weight is 326 g/mol. The molecular formula is C21H26O3. The summed E-state index contributed by atoms with van der Waals surface area (Å²) in [6.45, 7) is 7.94. The summed E-state index contributed by atoms with van der Waals surface area (Å²) in [6, 6.07) is 13.2. The fourth-order valence-corrected chi connectivity index (χ4v) is 2.46. The van der Waals surface area contributed by atoms with Crippen molar-refractivity contribution in [3.63, 3.8) is 0 Å². The third kappa shape index (κ3) is 4.79. The first-order valence-corrected chi connectivity index (χ1v) is 8.35. The smallest absolute Gasteiger partial charge is 0.309 e. The van der Waals surface area contributed by atoms with Gasteiger partial charge < -0.3 is 4.74 Å². The second-order valence-electron chi connectivity index (χ2n) is 5.24. The van der Waals surface area contributed by atoms with Crippen molar-refractivity contribution in [3.05, 3.63) is 70.3 Å². The molecule has 2 aromatic rings. The first-order chi connectivity index (χ1) is 11.6. The van der Waals surface area contributed by atoms with Gasteiger partial charge in [0.15, 0.2) is 5.78 Å². The van der Waals surface area contributed by atoms with E-state index < -0.39 is 0 Å². The summed E-state index contributed by atoms with van der Waals surface area (Å²) < 4.78 is 4.68. The molecule has 0 spiro atoms. The van der Waals surface area contributed by atoms with Crippen LogP contribution >= 0.6 is 0 Å². The third-order valence-electron chi connectivity index (χ3n) is 3.77. The number of carbonyl (C=O) groups excluding carboxylic acids is 2. The minimum atomic E-state index is -0.309. The van der Waals surface area contributed by atoms with Crippen molar-refractivity contribution in [1.82, 2.24) is 0 Å². The highest BCUT2D eigenvalue weighted by Crippen LogP contribution is 2.19. The van der Waals surface area contributed by atoms with Gasteiger partial charge in [-0.1, -0.05) is 57.2 Å². The fourth-order valence-electron chi connectivity index (χ4n) is 2.46. The van der Waals surface area contributed by atoms with Crippen molar-refractivity contribution in [2.45, 2.75) is 40.5 Å². The lowest BCUT2D eigenvalue weighted by molar-refractivity contribution is -0.139. The molecule has 0 aliphatic rings. The Bertz CT molecular complexity index is 702. The Hall–Kier alpha value is -2.42. The third-order valence-corrected chi connectivity index (χ3v) is 3.77.